The van der Waals surface area contributed by atoms with Crippen LogP contribution in [-0.2, 0) is 16.3 Å². The number of hydrogen-bond acceptors (Lipinski definition) is 4. The zero-order valence-electron chi connectivity index (χ0n) is 10.8. The van der Waals surface area contributed by atoms with Crippen molar-refractivity contribution in [3.05, 3.63) is 29.8 Å². The second kappa shape index (κ2) is 5.13. The Bertz CT molecular complexity index is 520. The van der Waals surface area contributed by atoms with Gasteiger partial charge in [0.1, 0.15) is 11.9 Å². The molecule has 19 heavy (non-hydrogen) atoms. The molecule has 0 saturated carbocycles. The summed E-state index contributed by atoms with van der Waals surface area (Å²) in [6.07, 6.45) is 3.41. The molecule has 3 rings (SSSR count). The summed E-state index contributed by atoms with van der Waals surface area (Å²) in [6, 6.07) is 8.62. The summed E-state index contributed by atoms with van der Waals surface area (Å²) >= 11 is 0. The molecule has 1 aromatic carbocycles. The highest BCUT2D eigenvalue weighted by Gasteiger charge is 2.35. The van der Waals surface area contributed by atoms with E-state index in [4.69, 9.17) is 4.74 Å². The quantitative estimate of drug-likeness (QED) is 0.900. The van der Waals surface area contributed by atoms with Crippen molar-refractivity contribution in [1.29, 1.82) is 0 Å². The van der Waals surface area contributed by atoms with Crippen LogP contribution in [0.1, 0.15) is 18.4 Å². The first-order chi connectivity index (χ1) is 9.11. The Kier molecular flexibility index (Phi) is 3.50. The van der Waals surface area contributed by atoms with Crippen molar-refractivity contribution in [3.63, 3.8) is 0 Å². The number of ether oxygens (including phenoxy) is 1. The summed E-state index contributed by atoms with van der Waals surface area (Å²) in [5, 5.41) is 3.48. The molecule has 0 aromatic heterocycles. The average molecular weight is 281 g/mol. The molecule has 2 aliphatic rings. The molecular formula is C14H19NO3S. The van der Waals surface area contributed by atoms with Crippen LogP contribution < -0.4 is 10.1 Å². The van der Waals surface area contributed by atoms with Gasteiger partial charge in [0.05, 0.1) is 11.5 Å². The van der Waals surface area contributed by atoms with Gasteiger partial charge in [0.2, 0.25) is 0 Å². The highest BCUT2D eigenvalue weighted by molar-refractivity contribution is 7.92. The Balaban J connectivity index is 1.53. The summed E-state index contributed by atoms with van der Waals surface area (Å²) < 4.78 is 27.7. The van der Waals surface area contributed by atoms with Gasteiger partial charge in [-0.3, -0.25) is 0 Å². The van der Waals surface area contributed by atoms with Crippen molar-refractivity contribution in [2.24, 2.45) is 0 Å². The lowest BCUT2D eigenvalue weighted by atomic mass is 10.0. The number of rotatable bonds is 4. The summed E-state index contributed by atoms with van der Waals surface area (Å²) in [5.74, 6) is 1.07. The Morgan fingerprint density at radius 3 is 2.53 bits per heavy atom. The van der Waals surface area contributed by atoms with E-state index in [0.717, 1.165) is 18.7 Å². The molecule has 104 valence electrons. The molecule has 0 aliphatic carbocycles. The van der Waals surface area contributed by atoms with Crippen LogP contribution in [0.3, 0.4) is 0 Å². The topological polar surface area (TPSA) is 55.4 Å². The Labute approximate surface area is 114 Å². The van der Waals surface area contributed by atoms with Crippen LogP contribution in [0.5, 0.6) is 5.75 Å². The highest BCUT2D eigenvalue weighted by Crippen LogP contribution is 2.21. The smallest absolute Gasteiger partial charge is 0.157 e. The van der Waals surface area contributed by atoms with E-state index in [9.17, 15) is 8.42 Å². The molecule has 2 saturated heterocycles. The van der Waals surface area contributed by atoms with Crippen molar-refractivity contribution in [2.45, 2.75) is 31.4 Å². The molecule has 1 unspecified atom stereocenters. The predicted octanol–water partition coefficient (Wildman–Crippen LogP) is 1.16. The summed E-state index contributed by atoms with van der Waals surface area (Å²) in [7, 11) is -2.81. The third kappa shape index (κ3) is 3.28. The van der Waals surface area contributed by atoms with Gasteiger partial charge in [-0.1, -0.05) is 12.1 Å². The van der Waals surface area contributed by atoms with Crippen LogP contribution >= 0.6 is 0 Å². The van der Waals surface area contributed by atoms with E-state index in [1.807, 2.05) is 12.1 Å². The van der Waals surface area contributed by atoms with E-state index >= 15 is 0 Å². The van der Waals surface area contributed by atoms with E-state index < -0.39 is 9.84 Å². The number of benzene rings is 1. The third-order valence-electron chi connectivity index (χ3n) is 3.75. The maximum absolute atomic E-state index is 11.0. The minimum Gasteiger partial charge on any atom is -0.488 e. The predicted molar refractivity (Wildman–Crippen MR) is 74.2 cm³/mol. The minimum absolute atomic E-state index is 0.154. The van der Waals surface area contributed by atoms with Crippen LogP contribution in [-0.4, -0.2) is 38.6 Å². The van der Waals surface area contributed by atoms with Gasteiger partial charge in [-0.2, -0.15) is 0 Å². The second-order valence-corrected chi connectivity index (χ2v) is 7.61. The van der Waals surface area contributed by atoms with Gasteiger partial charge in [0.25, 0.3) is 0 Å². The molecule has 2 heterocycles. The first kappa shape index (κ1) is 12.9. The minimum atomic E-state index is -2.81. The van der Waals surface area contributed by atoms with E-state index in [1.165, 1.54) is 18.4 Å². The Hall–Kier alpha value is -1.07. The first-order valence-corrected chi connectivity index (χ1v) is 8.62. The van der Waals surface area contributed by atoms with Crippen LogP contribution in [0, 0.1) is 0 Å². The van der Waals surface area contributed by atoms with E-state index in [-0.39, 0.29) is 17.6 Å². The number of nitrogens with one attached hydrogen (secondary N) is 1. The van der Waals surface area contributed by atoms with Gasteiger partial charge in [-0.05, 0) is 43.5 Å². The highest BCUT2D eigenvalue weighted by atomic mass is 32.2. The number of sulfone groups is 1. The summed E-state index contributed by atoms with van der Waals surface area (Å²) in [4.78, 5) is 0. The lowest BCUT2D eigenvalue weighted by molar-refractivity contribution is 0.230. The van der Waals surface area contributed by atoms with E-state index in [1.54, 1.807) is 0 Å². The Morgan fingerprint density at radius 1 is 1.21 bits per heavy atom. The van der Waals surface area contributed by atoms with Crippen molar-refractivity contribution in [2.75, 3.05) is 18.1 Å². The summed E-state index contributed by atoms with van der Waals surface area (Å²) in [6.45, 7) is 1.13. The second-order valence-electron chi connectivity index (χ2n) is 5.46. The molecule has 2 aliphatic heterocycles. The first-order valence-electron chi connectivity index (χ1n) is 6.80. The Morgan fingerprint density at radius 2 is 1.95 bits per heavy atom. The normalized spacial score (nSPS) is 26.0. The van der Waals surface area contributed by atoms with Crippen molar-refractivity contribution >= 4 is 9.84 Å². The molecule has 5 heteroatoms. The molecule has 0 bridgehead atoms. The van der Waals surface area contributed by atoms with Crippen molar-refractivity contribution < 1.29 is 13.2 Å². The molecule has 0 amide bonds. The van der Waals surface area contributed by atoms with Gasteiger partial charge in [-0.15, -0.1) is 0 Å². The lowest BCUT2D eigenvalue weighted by Crippen LogP contribution is -2.45. The molecule has 4 nitrogen and oxygen atoms in total. The molecule has 1 N–H and O–H groups in total. The molecule has 2 fully saturated rings. The zero-order chi connectivity index (χ0) is 13.3. The fourth-order valence-corrected chi connectivity index (χ4v) is 3.87. The van der Waals surface area contributed by atoms with Crippen LogP contribution in [0.4, 0.5) is 0 Å². The van der Waals surface area contributed by atoms with Gasteiger partial charge >= 0.3 is 0 Å². The van der Waals surface area contributed by atoms with Crippen molar-refractivity contribution in [3.8, 4) is 5.75 Å². The average Bonchev–Trinajstić information content (AvgIpc) is 2.82. The molecule has 1 aromatic rings. The van der Waals surface area contributed by atoms with Crippen LogP contribution in [0.25, 0.3) is 0 Å². The lowest BCUT2D eigenvalue weighted by Gasteiger charge is -2.26. The summed E-state index contributed by atoms with van der Waals surface area (Å²) in [5.41, 5.74) is 1.30. The van der Waals surface area contributed by atoms with Crippen LogP contribution in [0.15, 0.2) is 24.3 Å². The van der Waals surface area contributed by atoms with Crippen molar-refractivity contribution in [1.82, 2.24) is 5.32 Å². The fourth-order valence-electron chi connectivity index (χ4n) is 2.70. The SMILES string of the molecule is O=S1(=O)CC(Oc2ccc(CC3CCCN3)cc2)C1. The standard InChI is InChI=1S/C14H19NO3S/c16-19(17)9-14(10-19)18-13-5-3-11(4-6-13)8-12-2-1-7-15-12/h3-6,12,14-15H,1-2,7-10H2. The molecular weight excluding hydrogens is 262 g/mol. The third-order valence-corrected chi connectivity index (χ3v) is 5.51. The maximum Gasteiger partial charge on any atom is 0.157 e. The molecule has 0 spiro atoms. The van der Waals surface area contributed by atoms with E-state index in [2.05, 4.69) is 17.4 Å². The van der Waals surface area contributed by atoms with Gasteiger partial charge < -0.3 is 10.1 Å². The molecule has 1 atom stereocenters. The number of hydrogen-bond donors (Lipinski definition) is 1. The zero-order valence-corrected chi connectivity index (χ0v) is 11.7. The van der Waals surface area contributed by atoms with E-state index in [0.29, 0.717) is 6.04 Å². The maximum atomic E-state index is 11.0. The fraction of sp³-hybridized carbons (Fsp3) is 0.571. The van der Waals surface area contributed by atoms with Gasteiger partial charge in [0.15, 0.2) is 9.84 Å². The molecule has 0 radical (unpaired) electrons. The largest absolute Gasteiger partial charge is 0.488 e. The van der Waals surface area contributed by atoms with Gasteiger partial charge in [0, 0.05) is 6.04 Å². The monoisotopic (exact) mass is 281 g/mol. The van der Waals surface area contributed by atoms with Crippen LogP contribution in [0.2, 0.25) is 0 Å². The van der Waals surface area contributed by atoms with Gasteiger partial charge in [-0.25, -0.2) is 8.42 Å².